The summed E-state index contributed by atoms with van der Waals surface area (Å²) in [6.07, 6.45) is 3.04. The Morgan fingerprint density at radius 3 is 2.23 bits per heavy atom. The zero-order valence-electron chi connectivity index (χ0n) is 17.9. The summed E-state index contributed by atoms with van der Waals surface area (Å²) < 4.78 is 0. The molecule has 0 radical (unpaired) electrons. The van der Waals surface area contributed by atoms with Crippen LogP contribution >= 0.6 is 11.6 Å². The van der Waals surface area contributed by atoms with Crippen molar-refractivity contribution in [2.45, 2.75) is 51.5 Å². The first-order valence-electron chi connectivity index (χ1n) is 10.8. The summed E-state index contributed by atoms with van der Waals surface area (Å²) in [5, 5.41) is 3.71. The van der Waals surface area contributed by atoms with E-state index in [9.17, 15) is 14.4 Å². The van der Waals surface area contributed by atoms with Gasteiger partial charge >= 0.3 is 0 Å². The van der Waals surface area contributed by atoms with Crippen molar-refractivity contribution in [3.05, 3.63) is 70.2 Å². The summed E-state index contributed by atoms with van der Waals surface area (Å²) in [6.45, 7) is 3.26. The number of piperidine rings is 1. The molecule has 2 aromatic rings. The van der Waals surface area contributed by atoms with Crippen LogP contribution in [0.2, 0.25) is 5.02 Å². The molecule has 1 saturated heterocycles. The van der Waals surface area contributed by atoms with E-state index in [2.05, 4.69) is 5.32 Å². The first kappa shape index (κ1) is 23.0. The number of carbonyl (C=O) groups excluding carboxylic acids is 3. The Morgan fingerprint density at radius 2 is 1.58 bits per heavy atom. The maximum Gasteiger partial charge on any atom is 0.222 e. The summed E-state index contributed by atoms with van der Waals surface area (Å²) >= 11 is 5.89. The predicted octanol–water partition coefficient (Wildman–Crippen LogP) is 4.35. The Hall–Kier alpha value is -2.66. The average molecular weight is 441 g/mol. The minimum Gasteiger partial charge on any atom is -0.353 e. The molecule has 0 spiro atoms. The summed E-state index contributed by atoms with van der Waals surface area (Å²) in [5.41, 5.74) is 2.84. The van der Waals surface area contributed by atoms with Crippen molar-refractivity contribution < 1.29 is 14.4 Å². The first-order chi connectivity index (χ1) is 14.9. The highest BCUT2D eigenvalue weighted by atomic mass is 35.5. The second kappa shape index (κ2) is 11.1. The quantitative estimate of drug-likeness (QED) is 0.620. The number of likely N-dealkylation sites (tertiary alicyclic amines) is 1. The van der Waals surface area contributed by atoms with Gasteiger partial charge in [-0.3, -0.25) is 14.4 Å². The lowest BCUT2D eigenvalue weighted by molar-refractivity contribution is -0.132. The number of aryl methyl sites for hydroxylation is 2. The molecule has 0 atom stereocenters. The number of carbonyl (C=O) groups is 3. The number of Topliss-reactive ketones (excluding diaryl/α,β-unsaturated/α-hetero) is 1. The van der Waals surface area contributed by atoms with E-state index in [0.717, 1.165) is 24.0 Å². The molecule has 1 heterocycles. The number of amides is 2. The van der Waals surface area contributed by atoms with Gasteiger partial charge in [-0.25, -0.2) is 0 Å². The highest BCUT2D eigenvalue weighted by Crippen LogP contribution is 2.15. The third kappa shape index (κ3) is 7.21. The van der Waals surface area contributed by atoms with Gasteiger partial charge in [-0.15, -0.1) is 0 Å². The smallest absolute Gasteiger partial charge is 0.222 e. The van der Waals surface area contributed by atoms with E-state index in [0.29, 0.717) is 36.5 Å². The third-order valence-electron chi connectivity index (χ3n) is 5.71. The molecule has 2 aromatic carbocycles. The Balaban J connectivity index is 1.34. The van der Waals surface area contributed by atoms with E-state index in [1.807, 2.05) is 48.2 Å². The van der Waals surface area contributed by atoms with E-state index < -0.39 is 0 Å². The second-order valence-electron chi connectivity index (χ2n) is 8.14. The highest BCUT2D eigenvalue weighted by Gasteiger charge is 2.23. The number of hydrogen-bond donors (Lipinski definition) is 1. The zero-order chi connectivity index (χ0) is 22.2. The van der Waals surface area contributed by atoms with Gasteiger partial charge in [0.05, 0.1) is 0 Å². The molecule has 3 rings (SSSR count). The lowest BCUT2D eigenvalue weighted by Gasteiger charge is -2.32. The van der Waals surface area contributed by atoms with Gasteiger partial charge in [0.25, 0.3) is 0 Å². The zero-order valence-corrected chi connectivity index (χ0v) is 18.7. The van der Waals surface area contributed by atoms with Crippen LogP contribution in [0.3, 0.4) is 0 Å². The molecule has 31 heavy (non-hydrogen) atoms. The molecule has 6 heteroatoms. The highest BCUT2D eigenvalue weighted by molar-refractivity contribution is 6.30. The monoisotopic (exact) mass is 440 g/mol. The molecular weight excluding hydrogens is 412 g/mol. The van der Waals surface area contributed by atoms with Gasteiger partial charge in [0.1, 0.15) is 0 Å². The molecule has 1 aliphatic heterocycles. The maximum atomic E-state index is 12.5. The topological polar surface area (TPSA) is 66.5 Å². The Morgan fingerprint density at radius 1 is 0.935 bits per heavy atom. The Labute approximate surface area is 188 Å². The van der Waals surface area contributed by atoms with Gasteiger partial charge in [-0.1, -0.05) is 53.6 Å². The largest absolute Gasteiger partial charge is 0.353 e. The SMILES string of the molecule is Cc1ccc(C(=O)CCC(=O)NC2CCN(C(=O)CCc3ccc(Cl)cc3)CC2)cc1. The van der Waals surface area contributed by atoms with Crippen LogP contribution < -0.4 is 5.32 Å². The number of ketones is 1. The van der Waals surface area contributed by atoms with Crippen LogP contribution in [0.25, 0.3) is 0 Å². The second-order valence-corrected chi connectivity index (χ2v) is 8.57. The summed E-state index contributed by atoms with van der Waals surface area (Å²) in [6, 6.07) is 15.0. The predicted molar refractivity (Wildman–Crippen MR) is 122 cm³/mol. The van der Waals surface area contributed by atoms with Crippen LogP contribution in [0.1, 0.15) is 53.6 Å². The molecule has 0 unspecified atom stereocenters. The number of halogens is 1. The average Bonchev–Trinajstić information content (AvgIpc) is 2.78. The number of nitrogens with one attached hydrogen (secondary N) is 1. The molecule has 1 N–H and O–H groups in total. The lowest BCUT2D eigenvalue weighted by Crippen LogP contribution is -2.46. The van der Waals surface area contributed by atoms with Crippen molar-refractivity contribution in [3.63, 3.8) is 0 Å². The van der Waals surface area contributed by atoms with Crippen molar-refractivity contribution in [3.8, 4) is 0 Å². The fourth-order valence-corrected chi connectivity index (χ4v) is 3.87. The molecule has 2 amide bonds. The van der Waals surface area contributed by atoms with Crippen LogP contribution in [0.4, 0.5) is 0 Å². The van der Waals surface area contributed by atoms with Gasteiger partial charge < -0.3 is 10.2 Å². The molecule has 0 aromatic heterocycles. The van der Waals surface area contributed by atoms with Crippen molar-refractivity contribution in [1.29, 1.82) is 0 Å². The van der Waals surface area contributed by atoms with E-state index in [1.165, 1.54) is 0 Å². The van der Waals surface area contributed by atoms with E-state index in [1.54, 1.807) is 12.1 Å². The number of hydrogen-bond acceptors (Lipinski definition) is 3. The van der Waals surface area contributed by atoms with Crippen molar-refractivity contribution >= 4 is 29.2 Å². The summed E-state index contributed by atoms with van der Waals surface area (Å²) in [7, 11) is 0. The van der Waals surface area contributed by atoms with Crippen LogP contribution in [0, 0.1) is 6.92 Å². The van der Waals surface area contributed by atoms with Crippen LogP contribution in [-0.4, -0.2) is 41.6 Å². The van der Waals surface area contributed by atoms with Gasteiger partial charge in [0.15, 0.2) is 5.78 Å². The molecule has 1 fully saturated rings. The van der Waals surface area contributed by atoms with Crippen molar-refractivity contribution in [2.24, 2.45) is 0 Å². The van der Waals surface area contributed by atoms with E-state index >= 15 is 0 Å². The summed E-state index contributed by atoms with van der Waals surface area (Å²) in [4.78, 5) is 38.8. The number of benzene rings is 2. The third-order valence-corrected chi connectivity index (χ3v) is 5.96. The van der Waals surface area contributed by atoms with Crippen LogP contribution in [0.15, 0.2) is 48.5 Å². The molecular formula is C25H29ClN2O3. The molecule has 164 valence electrons. The Bertz CT molecular complexity index is 901. The number of nitrogens with zero attached hydrogens (tertiary/aromatic N) is 1. The van der Waals surface area contributed by atoms with Crippen molar-refractivity contribution in [2.75, 3.05) is 13.1 Å². The van der Waals surface area contributed by atoms with Gasteiger partial charge in [0.2, 0.25) is 11.8 Å². The fourth-order valence-electron chi connectivity index (χ4n) is 3.74. The van der Waals surface area contributed by atoms with Crippen LogP contribution in [0.5, 0.6) is 0 Å². The van der Waals surface area contributed by atoms with E-state index in [-0.39, 0.29) is 36.5 Å². The standard InChI is InChI=1S/C25H29ClN2O3/c1-18-2-7-20(8-3-18)23(29)11-12-24(30)27-22-14-16-28(17-15-22)25(31)13-6-19-4-9-21(26)10-5-19/h2-5,7-10,22H,6,11-17H2,1H3,(H,27,30). The minimum absolute atomic E-state index is 0.0174. The minimum atomic E-state index is -0.104. The van der Waals surface area contributed by atoms with Gasteiger partial charge in [0, 0.05) is 49.0 Å². The molecule has 1 aliphatic rings. The van der Waals surface area contributed by atoms with E-state index in [4.69, 9.17) is 11.6 Å². The number of rotatable bonds is 8. The lowest BCUT2D eigenvalue weighted by atomic mass is 10.0. The van der Waals surface area contributed by atoms with Crippen LogP contribution in [-0.2, 0) is 16.0 Å². The summed E-state index contributed by atoms with van der Waals surface area (Å²) in [5.74, 6) is 0.0210. The maximum absolute atomic E-state index is 12.5. The van der Waals surface area contributed by atoms with Gasteiger partial charge in [-0.05, 0) is 43.9 Å². The fraction of sp³-hybridized carbons (Fsp3) is 0.400. The van der Waals surface area contributed by atoms with Crippen molar-refractivity contribution in [1.82, 2.24) is 10.2 Å². The molecule has 0 aliphatic carbocycles. The molecule has 5 nitrogen and oxygen atoms in total. The molecule has 0 bridgehead atoms. The normalized spacial score (nSPS) is 14.3. The molecule has 0 saturated carbocycles. The first-order valence-corrected chi connectivity index (χ1v) is 11.2. The Kier molecular flexibility index (Phi) is 8.24. The van der Waals surface area contributed by atoms with Gasteiger partial charge in [-0.2, -0.15) is 0 Å².